The van der Waals surface area contributed by atoms with Crippen LogP contribution in [0.5, 0.6) is 0 Å². The van der Waals surface area contributed by atoms with E-state index in [1.807, 2.05) is 42.5 Å². The topological polar surface area (TPSA) is 66.3 Å². The Morgan fingerprint density at radius 1 is 0.868 bits per heavy atom. The van der Waals surface area contributed by atoms with Crippen molar-refractivity contribution in [3.05, 3.63) is 95.6 Å². The number of rotatable bonds is 6. The summed E-state index contributed by atoms with van der Waals surface area (Å²) in [5, 5.41) is 12.0. The van der Waals surface area contributed by atoms with Gasteiger partial charge in [-0.25, -0.2) is 4.39 Å². The highest BCUT2D eigenvalue weighted by Crippen LogP contribution is 2.31. The second-order valence-corrected chi connectivity index (χ2v) is 10.1. The van der Waals surface area contributed by atoms with Crippen LogP contribution in [0.25, 0.3) is 17.1 Å². The molecule has 0 atom stereocenters. The summed E-state index contributed by atoms with van der Waals surface area (Å²) in [5.41, 5.74) is 5.07. The van der Waals surface area contributed by atoms with Crippen molar-refractivity contribution in [3.8, 4) is 17.1 Å². The molecule has 6 rings (SSSR count). The number of carbonyl (C=O) groups is 1. The highest BCUT2D eigenvalue weighted by molar-refractivity contribution is 5.92. The molecule has 194 valence electrons. The van der Waals surface area contributed by atoms with Crippen LogP contribution in [0.2, 0.25) is 0 Å². The molecular formula is C30H31FN6O. The number of carbonyl (C=O) groups excluding carboxylic acids is 1. The van der Waals surface area contributed by atoms with E-state index in [1.165, 1.54) is 11.6 Å². The lowest BCUT2D eigenvalue weighted by Crippen LogP contribution is -2.36. The lowest BCUT2D eigenvalue weighted by Gasteiger charge is -2.22. The summed E-state index contributed by atoms with van der Waals surface area (Å²) in [6.07, 6.45) is 2.65. The number of hydrogen-bond acceptors (Lipinski definition) is 5. The molecule has 8 heteroatoms. The van der Waals surface area contributed by atoms with Crippen LogP contribution >= 0.6 is 0 Å². The molecular weight excluding hydrogens is 479 g/mol. The number of fused-ring (bicyclic) bond motifs is 3. The van der Waals surface area contributed by atoms with E-state index in [2.05, 4.69) is 42.0 Å². The van der Waals surface area contributed by atoms with E-state index < -0.39 is 0 Å². The standard InChI is InChI=1S/C30H31FN6O/c31-25-9-4-6-22(18-25)20-35-14-5-15-36(17-16-35)21-29(38)32-26-11-12-27-24(19-26)10-13-28-33-34-30(37(27)28)23-7-2-1-3-8-23/h1-4,6-9,11-12,18-19H,5,10,13-17,20-21H2,(H,32,38). The zero-order valence-electron chi connectivity index (χ0n) is 21.3. The number of aryl methyl sites for hydroxylation is 2. The quantitative estimate of drug-likeness (QED) is 0.419. The van der Waals surface area contributed by atoms with Gasteiger partial charge in [0.05, 0.1) is 12.2 Å². The normalized spacial score (nSPS) is 15.9. The van der Waals surface area contributed by atoms with Gasteiger partial charge in [0, 0.05) is 37.3 Å². The number of amides is 1. The number of halogens is 1. The Hall–Kier alpha value is -3.88. The fourth-order valence-corrected chi connectivity index (χ4v) is 5.47. The molecule has 7 nitrogen and oxygen atoms in total. The van der Waals surface area contributed by atoms with E-state index in [9.17, 15) is 9.18 Å². The predicted molar refractivity (Wildman–Crippen MR) is 146 cm³/mol. The second-order valence-electron chi connectivity index (χ2n) is 10.1. The van der Waals surface area contributed by atoms with Crippen LogP contribution in [-0.2, 0) is 24.2 Å². The molecule has 0 bridgehead atoms. The molecule has 38 heavy (non-hydrogen) atoms. The molecule has 1 aromatic heterocycles. The average molecular weight is 511 g/mol. The van der Waals surface area contributed by atoms with Crippen LogP contribution < -0.4 is 5.32 Å². The maximum Gasteiger partial charge on any atom is 0.238 e. The SMILES string of the molecule is O=C(CN1CCCN(Cc2cccc(F)c2)CC1)Nc1ccc2c(c1)CCc1nnc(-c3ccccc3)n1-2. The van der Waals surface area contributed by atoms with Crippen molar-refractivity contribution in [2.75, 3.05) is 38.0 Å². The highest BCUT2D eigenvalue weighted by atomic mass is 19.1. The Labute approximate surface area is 221 Å². The Morgan fingerprint density at radius 3 is 2.58 bits per heavy atom. The number of benzene rings is 3. The molecule has 1 N–H and O–H groups in total. The van der Waals surface area contributed by atoms with Gasteiger partial charge in [0.2, 0.25) is 5.91 Å². The highest BCUT2D eigenvalue weighted by Gasteiger charge is 2.23. The van der Waals surface area contributed by atoms with Gasteiger partial charge in [-0.3, -0.25) is 19.2 Å². The lowest BCUT2D eigenvalue weighted by molar-refractivity contribution is -0.117. The Morgan fingerprint density at radius 2 is 1.71 bits per heavy atom. The van der Waals surface area contributed by atoms with Gasteiger partial charge in [-0.15, -0.1) is 10.2 Å². The van der Waals surface area contributed by atoms with Crippen molar-refractivity contribution in [1.82, 2.24) is 24.6 Å². The Bertz CT molecular complexity index is 1440. The Balaban J connectivity index is 1.08. The van der Waals surface area contributed by atoms with Crippen LogP contribution in [0, 0.1) is 5.82 Å². The summed E-state index contributed by atoms with van der Waals surface area (Å²) >= 11 is 0. The molecule has 1 amide bonds. The molecule has 0 radical (unpaired) electrons. The van der Waals surface area contributed by atoms with E-state index >= 15 is 0 Å². The van der Waals surface area contributed by atoms with Gasteiger partial charge >= 0.3 is 0 Å². The summed E-state index contributed by atoms with van der Waals surface area (Å²) in [7, 11) is 0. The minimum absolute atomic E-state index is 0.00528. The third-order valence-electron chi connectivity index (χ3n) is 7.33. The first-order chi connectivity index (χ1) is 18.6. The molecule has 0 spiro atoms. The maximum atomic E-state index is 13.5. The summed E-state index contributed by atoms with van der Waals surface area (Å²) in [4.78, 5) is 17.5. The van der Waals surface area contributed by atoms with Gasteiger partial charge in [0.15, 0.2) is 5.82 Å². The monoisotopic (exact) mass is 510 g/mol. The van der Waals surface area contributed by atoms with Crippen LogP contribution in [0.3, 0.4) is 0 Å². The minimum atomic E-state index is -0.198. The molecule has 0 unspecified atom stereocenters. The van der Waals surface area contributed by atoms with E-state index in [4.69, 9.17) is 0 Å². The third-order valence-corrected chi connectivity index (χ3v) is 7.33. The van der Waals surface area contributed by atoms with Crippen molar-refractivity contribution in [2.24, 2.45) is 0 Å². The first-order valence-corrected chi connectivity index (χ1v) is 13.2. The summed E-state index contributed by atoms with van der Waals surface area (Å²) in [6.45, 7) is 4.57. The number of aromatic nitrogens is 3. The van der Waals surface area contributed by atoms with E-state index in [1.54, 1.807) is 12.1 Å². The van der Waals surface area contributed by atoms with Gasteiger partial charge in [0.1, 0.15) is 11.6 Å². The van der Waals surface area contributed by atoms with Crippen molar-refractivity contribution >= 4 is 11.6 Å². The van der Waals surface area contributed by atoms with Gasteiger partial charge < -0.3 is 5.32 Å². The molecule has 0 saturated carbocycles. The summed E-state index contributed by atoms with van der Waals surface area (Å²) in [5.74, 6) is 1.59. The lowest BCUT2D eigenvalue weighted by atomic mass is 10.0. The number of anilines is 1. The number of nitrogens with one attached hydrogen (secondary N) is 1. The maximum absolute atomic E-state index is 13.5. The van der Waals surface area contributed by atoms with E-state index in [0.717, 1.165) is 86.1 Å². The molecule has 3 aromatic carbocycles. The van der Waals surface area contributed by atoms with Gasteiger partial charge in [-0.2, -0.15) is 0 Å². The molecule has 2 aliphatic rings. The van der Waals surface area contributed by atoms with Crippen molar-refractivity contribution in [1.29, 1.82) is 0 Å². The second kappa shape index (κ2) is 10.8. The molecule has 0 aliphatic carbocycles. The smallest absolute Gasteiger partial charge is 0.238 e. The average Bonchev–Trinajstić information content (AvgIpc) is 3.25. The van der Waals surface area contributed by atoms with Crippen molar-refractivity contribution in [3.63, 3.8) is 0 Å². The van der Waals surface area contributed by atoms with Gasteiger partial charge in [0.25, 0.3) is 0 Å². The fourth-order valence-electron chi connectivity index (χ4n) is 5.47. The molecule has 1 saturated heterocycles. The third kappa shape index (κ3) is 5.37. The Kier molecular flexibility index (Phi) is 6.98. The molecule has 1 fully saturated rings. The van der Waals surface area contributed by atoms with Crippen LogP contribution in [0.15, 0.2) is 72.8 Å². The van der Waals surface area contributed by atoms with Crippen LogP contribution in [-0.4, -0.2) is 63.2 Å². The molecule has 4 aromatic rings. The minimum Gasteiger partial charge on any atom is -0.325 e. The number of hydrogen-bond donors (Lipinski definition) is 1. The molecule has 2 aliphatic heterocycles. The van der Waals surface area contributed by atoms with Crippen LogP contribution in [0.1, 0.15) is 23.4 Å². The summed E-state index contributed by atoms with van der Waals surface area (Å²) in [6, 6.07) is 23.0. The van der Waals surface area contributed by atoms with Gasteiger partial charge in [-0.1, -0.05) is 42.5 Å². The first kappa shape index (κ1) is 24.5. The van der Waals surface area contributed by atoms with E-state index in [0.29, 0.717) is 6.54 Å². The van der Waals surface area contributed by atoms with Crippen LogP contribution in [0.4, 0.5) is 10.1 Å². The number of nitrogens with zero attached hydrogens (tertiary/aromatic N) is 5. The van der Waals surface area contributed by atoms with Gasteiger partial charge in [-0.05, 0) is 67.4 Å². The molecule has 3 heterocycles. The zero-order valence-corrected chi connectivity index (χ0v) is 21.3. The van der Waals surface area contributed by atoms with Crippen molar-refractivity contribution in [2.45, 2.75) is 25.8 Å². The predicted octanol–water partition coefficient (Wildman–Crippen LogP) is 4.32. The van der Waals surface area contributed by atoms with E-state index in [-0.39, 0.29) is 11.7 Å². The largest absolute Gasteiger partial charge is 0.325 e. The first-order valence-electron chi connectivity index (χ1n) is 13.2. The van der Waals surface area contributed by atoms with Crippen molar-refractivity contribution < 1.29 is 9.18 Å². The summed E-state index contributed by atoms with van der Waals surface area (Å²) < 4.78 is 15.7. The fraction of sp³-hybridized carbons (Fsp3) is 0.300. The zero-order chi connectivity index (χ0) is 25.9.